The Hall–Kier alpha value is -1.26. The number of hydrogen-bond acceptors (Lipinski definition) is 2. The highest BCUT2D eigenvalue weighted by atomic mass is 79.9. The third kappa shape index (κ3) is 2.76. The molecular weight excluding hydrogens is 345 g/mol. The van der Waals surface area contributed by atoms with E-state index in [1.807, 2.05) is 18.2 Å². The molecule has 0 spiro atoms. The van der Waals surface area contributed by atoms with E-state index >= 15 is 0 Å². The molecule has 1 unspecified atom stereocenters. The fourth-order valence-corrected chi connectivity index (χ4v) is 2.85. The molecule has 2 nitrogen and oxygen atoms in total. The largest absolute Gasteiger partial charge is 0.488 e. The molecule has 2 aromatic carbocycles. The van der Waals surface area contributed by atoms with E-state index in [2.05, 4.69) is 21.2 Å². The maximum Gasteiger partial charge on any atom is 0.123 e. The van der Waals surface area contributed by atoms with Gasteiger partial charge < -0.3 is 10.1 Å². The SMILES string of the molecule is Fc1ccc2c(c1)CC(CNc1cccc(Cl)c1Br)O2. The van der Waals surface area contributed by atoms with Crippen molar-refractivity contribution in [3.8, 4) is 5.75 Å². The third-order valence-corrected chi connectivity index (χ3v) is 4.63. The zero-order valence-electron chi connectivity index (χ0n) is 10.5. The van der Waals surface area contributed by atoms with Crippen molar-refractivity contribution in [1.82, 2.24) is 0 Å². The van der Waals surface area contributed by atoms with Crippen molar-refractivity contribution >= 4 is 33.2 Å². The van der Waals surface area contributed by atoms with Gasteiger partial charge in [-0.1, -0.05) is 17.7 Å². The van der Waals surface area contributed by atoms with Crippen LogP contribution in [0.25, 0.3) is 0 Å². The first kappa shape index (κ1) is 13.7. The van der Waals surface area contributed by atoms with Crippen LogP contribution >= 0.6 is 27.5 Å². The first-order chi connectivity index (χ1) is 9.63. The summed E-state index contributed by atoms with van der Waals surface area (Å²) in [7, 11) is 0. The highest BCUT2D eigenvalue weighted by molar-refractivity contribution is 9.10. The predicted octanol–water partition coefficient (Wildman–Crippen LogP) is 4.66. The van der Waals surface area contributed by atoms with Gasteiger partial charge in [-0.05, 0) is 46.3 Å². The van der Waals surface area contributed by atoms with Crippen LogP contribution in [0, 0.1) is 5.82 Å². The molecule has 0 bridgehead atoms. The molecule has 0 aromatic heterocycles. The van der Waals surface area contributed by atoms with Gasteiger partial charge in [0.15, 0.2) is 0 Å². The van der Waals surface area contributed by atoms with Gasteiger partial charge in [0.25, 0.3) is 0 Å². The van der Waals surface area contributed by atoms with E-state index in [9.17, 15) is 4.39 Å². The van der Waals surface area contributed by atoms with Crippen LogP contribution in [0.2, 0.25) is 5.02 Å². The molecule has 0 radical (unpaired) electrons. The van der Waals surface area contributed by atoms with Gasteiger partial charge in [-0.2, -0.15) is 0 Å². The van der Waals surface area contributed by atoms with Crippen molar-refractivity contribution in [2.24, 2.45) is 0 Å². The zero-order valence-corrected chi connectivity index (χ0v) is 12.8. The fourth-order valence-electron chi connectivity index (χ4n) is 2.27. The number of fused-ring (bicyclic) bond motifs is 1. The van der Waals surface area contributed by atoms with Gasteiger partial charge in [0.1, 0.15) is 17.7 Å². The number of rotatable bonds is 3. The van der Waals surface area contributed by atoms with E-state index in [0.717, 1.165) is 21.5 Å². The molecule has 2 aromatic rings. The van der Waals surface area contributed by atoms with E-state index in [0.29, 0.717) is 18.0 Å². The molecule has 0 saturated carbocycles. The fraction of sp³-hybridized carbons (Fsp3) is 0.200. The molecule has 0 aliphatic carbocycles. The molecule has 1 N–H and O–H groups in total. The first-order valence-electron chi connectivity index (χ1n) is 6.26. The van der Waals surface area contributed by atoms with E-state index < -0.39 is 0 Å². The number of anilines is 1. The number of hydrogen-bond donors (Lipinski definition) is 1. The third-order valence-electron chi connectivity index (χ3n) is 3.24. The highest BCUT2D eigenvalue weighted by Crippen LogP contribution is 2.32. The van der Waals surface area contributed by atoms with Crippen LogP contribution in [0.4, 0.5) is 10.1 Å². The van der Waals surface area contributed by atoms with Crippen LogP contribution in [0.3, 0.4) is 0 Å². The second kappa shape index (κ2) is 5.62. The quantitative estimate of drug-likeness (QED) is 0.864. The molecular formula is C15H12BrClFNO. The van der Waals surface area contributed by atoms with Gasteiger partial charge in [-0.15, -0.1) is 0 Å². The maximum atomic E-state index is 13.1. The summed E-state index contributed by atoms with van der Waals surface area (Å²) in [6, 6.07) is 10.3. The molecule has 0 amide bonds. The molecule has 1 atom stereocenters. The molecule has 20 heavy (non-hydrogen) atoms. The lowest BCUT2D eigenvalue weighted by Gasteiger charge is -2.14. The highest BCUT2D eigenvalue weighted by Gasteiger charge is 2.23. The van der Waals surface area contributed by atoms with Crippen LogP contribution in [0.15, 0.2) is 40.9 Å². The Kier molecular flexibility index (Phi) is 3.85. The number of nitrogens with one attached hydrogen (secondary N) is 1. The summed E-state index contributed by atoms with van der Waals surface area (Å²) in [5.74, 6) is 0.543. The summed E-state index contributed by atoms with van der Waals surface area (Å²) in [5, 5.41) is 3.95. The van der Waals surface area contributed by atoms with Gasteiger partial charge in [0, 0.05) is 12.0 Å². The van der Waals surface area contributed by atoms with Gasteiger partial charge in [0.05, 0.1) is 21.7 Å². The van der Waals surface area contributed by atoms with Crippen molar-refractivity contribution in [2.45, 2.75) is 12.5 Å². The number of benzene rings is 2. The topological polar surface area (TPSA) is 21.3 Å². The molecule has 1 heterocycles. The second-order valence-corrected chi connectivity index (χ2v) is 5.88. The lowest BCUT2D eigenvalue weighted by molar-refractivity contribution is 0.246. The predicted molar refractivity (Wildman–Crippen MR) is 82.2 cm³/mol. The summed E-state index contributed by atoms with van der Waals surface area (Å²) in [5.41, 5.74) is 1.84. The standard InChI is InChI=1S/C15H12BrClFNO/c16-15-12(17)2-1-3-13(15)19-8-11-7-9-6-10(18)4-5-14(9)20-11/h1-6,11,19H,7-8H2. The summed E-state index contributed by atoms with van der Waals surface area (Å²) < 4.78 is 19.8. The zero-order chi connectivity index (χ0) is 14.1. The van der Waals surface area contributed by atoms with Crippen molar-refractivity contribution in [3.05, 3.63) is 57.3 Å². The minimum absolute atomic E-state index is 0.00215. The molecule has 1 aliphatic heterocycles. The van der Waals surface area contributed by atoms with Crippen LogP contribution in [0.5, 0.6) is 5.75 Å². The molecule has 0 fully saturated rings. The van der Waals surface area contributed by atoms with E-state index in [1.54, 1.807) is 6.07 Å². The minimum Gasteiger partial charge on any atom is -0.488 e. The Morgan fingerprint density at radius 1 is 1.35 bits per heavy atom. The Bertz CT molecular complexity index is 650. The van der Waals surface area contributed by atoms with E-state index in [1.165, 1.54) is 12.1 Å². The summed E-state index contributed by atoms with van der Waals surface area (Å²) in [6.07, 6.45) is 0.704. The van der Waals surface area contributed by atoms with Crippen molar-refractivity contribution in [2.75, 3.05) is 11.9 Å². The van der Waals surface area contributed by atoms with E-state index in [4.69, 9.17) is 16.3 Å². The summed E-state index contributed by atoms with van der Waals surface area (Å²) >= 11 is 9.48. The average Bonchev–Trinajstić information content (AvgIpc) is 2.82. The van der Waals surface area contributed by atoms with Crippen molar-refractivity contribution in [3.63, 3.8) is 0 Å². The van der Waals surface area contributed by atoms with Crippen LogP contribution in [-0.4, -0.2) is 12.6 Å². The lowest BCUT2D eigenvalue weighted by Crippen LogP contribution is -2.24. The minimum atomic E-state index is -0.224. The van der Waals surface area contributed by atoms with Crippen LogP contribution in [-0.2, 0) is 6.42 Å². The Morgan fingerprint density at radius 2 is 2.20 bits per heavy atom. The Labute approximate surface area is 130 Å². The Balaban J connectivity index is 1.65. The molecule has 104 valence electrons. The van der Waals surface area contributed by atoms with Gasteiger partial charge in [0.2, 0.25) is 0 Å². The monoisotopic (exact) mass is 355 g/mol. The number of ether oxygens (including phenoxy) is 1. The van der Waals surface area contributed by atoms with Gasteiger partial charge in [-0.25, -0.2) is 4.39 Å². The number of halogens is 3. The van der Waals surface area contributed by atoms with Crippen LogP contribution < -0.4 is 10.1 Å². The van der Waals surface area contributed by atoms with Crippen LogP contribution in [0.1, 0.15) is 5.56 Å². The first-order valence-corrected chi connectivity index (χ1v) is 7.43. The Morgan fingerprint density at radius 3 is 3.05 bits per heavy atom. The molecule has 0 saturated heterocycles. The smallest absolute Gasteiger partial charge is 0.123 e. The average molecular weight is 357 g/mol. The second-order valence-electron chi connectivity index (χ2n) is 4.68. The van der Waals surface area contributed by atoms with Crippen molar-refractivity contribution < 1.29 is 9.13 Å². The normalized spacial score (nSPS) is 16.6. The maximum absolute atomic E-state index is 13.1. The molecule has 1 aliphatic rings. The van der Waals surface area contributed by atoms with E-state index in [-0.39, 0.29) is 11.9 Å². The molecule has 5 heteroatoms. The van der Waals surface area contributed by atoms with Gasteiger partial charge in [-0.3, -0.25) is 0 Å². The summed E-state index contributed by atoms with van der Waals surface area (Å²) in [6.45, 7) is 0.634. The summed E-state index contributed by atoms with van der Waals surface area (Å²) in [4.78, 5) is 0. The van der Waals surface area contributed by atoms with Gasteiger partial charge >= 0.3 is 0 Å². The lowest BCUT2D eigenvalue weighted by atomic mass is 10.1. The van der Waals surface area contributed by atoms with Crippen molar-refractivity contribution in [1.29, 1.82) is 0 Å². The molecule has 3 rings (SSSR count).